The van der Waals surface area contributed by atoms with Gasteiger partial charge in [0, 0.05) is 9.37 Å². The van der Waals surface area contributed by atoms with Crippen molar-refractivity contribution in [2.24, 2.45) is 0 Å². The van der Waals surface area contributed by atoms with Crippen LogP contribution >= 0.6 is 27.7 Å². The standard InChI is InChI=1S/C16H16BrNO2S/c1-10-3-8-15(14(17)9-10)18-16(20)11(2)21-13-6-4-12(19)5-7-13/h3-9,11,19H,1-2H3,(H,18,20). The molecule has 2 rings (SSSR count). The molecule has 3 nitrogen and oxygen atoms in total. The van der Waals surface area contributed by atoms with Crippen molar-refractivity contribution in [1.29, 1.82) is 0 Å². The molecule has 0 aromatic heterocycles. The topological polar surface area (TPSA) is 49.3 Å². The molecule has 0 saturated heterocycles. The van der Waals surface area contributed by atoms with Crippen LogP contribution in [0.5, 0.6) is 5.75 Å². The molecular formula is C16H16BrNO2S. The van der Waals surface area contributed by atoms with Gasteiger partial charge in [-0.25, -0.2) is 0 Å². The van der Waals surface area contributed by atoms with Crippen LogP contribution in [0.3, 0.4) is 0 Å². The molecule has 5 heteroatoms. The van der Waals surface area contributed by atoms with Crippen LogP contribution in [-0.2, 0) is 4.79 Å². The lowest BCUT2D eigenvalue weighted by molar-refractivity contribution is -0.115. The van der Waals surface area contributed by atoms with Crippen molar-refractivity contribution in [1.82, 2.24) is 0 Å². The van der Waals surface area contributed by atoms with E-state index in [9.17, 15) is 9.90 Å². The van der Waals surface area contributed by atoms with Crippen molar-refractivity contribution >= 4 is 39.3 Å². The molecule has 0 heterocycles. The molecule has 0 saturated carbocycles. The van der Waals surface area contributed by atoms with Gasteiger partial charge in [0.15, 0.2) is 0 Å². The number of benzene rings is 2. The highest BCUT2D eigenvalue weighted by atomic mass is 79.9. The van der Waals surface area contributed by atoms with Gasteiger partial charge in [-0.15, -0.1) is 11.8 Å². The number of aromatic hydroxyl groups is 1. The minimum atomic E-state index is -0.234. The molecule has 21 heavy (non-hydrogen) atoms. The quantitative estimate of drug-likeness (QED) is 0.779. The van der Waals surface area contributed by atoms with E-state index in [1.54, 1.807) is 24.3 Å². The monoisotopic (exact) mass is 365 g/mol. The second-order valence-electron chi connectivity index (χ2n) is 4.73. The van der Waals surface area contributed by atoms with Crippen LogP contribution in [0.1, 0.15) is 12.5 Å². The highest BCUT2D eigenvalue weighted by Crippen LogP contribution is 2.28. The minimum absolute atomic E-state index is 0.0578. The van der Waals surface area contributed by atoms with E-state index < -0.39 is 0 Å². The Bertz CT molecular complexity index is 643. The summed E-state index contributed by atoms with van der Waals surface area (Å²) in [5, 5.41) is 11.9. The Labute approximate surface area is 136 Å². The molecule has 110 valence electrons. The summed E-state index contributed by atoms with van der Waals surface area (Å²) < 4.78 is 0.873. The lowest BCUT2D eigenvalue weighted by Gasteiger charge is -2.13. The predicted molar refractivity (Wildman–Crippen MR) is 90.9 cm³/mol. The first-order chi connectivity index (χ1) is 9.95. The molecule has 1 atom stereocenters. The zero-order chi connectivity index (χ0) is 15.4. The average molecular weight is 366 g/mol. The summed E-state index contributed by atoms with van der Waals surface area (Å²) in [7, 11) is 0. The molecule has 1 amide bonds. The van der Waals surface area contributed by atoms with Gasteiger partial charge in [-0.1, -0.05) is 6.07 Å². The SMILES string of the molecule is Cc1ccc(NC(=O)C(C)Sc2ccc(O)cc2)c(Br)c1. The third kappa shape index (κ3) is 4.51. The maximum atomic E-state index is 12.2. The Hall–Kier alpha value is -1.46. The summed E-state index contributed by atoms with van der Waals surface area (Å²) in [6.45, 7) is 3.86. The van der Waals surface area contributed by atoms with Crippen molar-refractivity contribution in [3.63, 3.8) is 0 Å². The molecule has 2 aromatic carbocycles. The van der Waals surface area contributed by atoms with Gasteiger partial charge < -0.3 is 10.4 Å². The second-order valence-corrected chi connectivity index (χ2v) is 7.00. The number of phenols is 1. The molecular weight excluding hydrogens is 350 g/mol. The first kappa shape index (κ1) is 15.9. The van der Waals surface area contributed by atoms with Crippen LogP contribution in [-0.4, -0.2) is 16.3 Å². The highest BCUT2D eigenvalue weighted by Gasteiger charge is 2.15. The van der Waals surface area contributed by atoms with Gasteiger partial charge in [0.25, 0.3) is 0 Å². The van der Waals surface area contributed by atoms with Crippen LogP contribution in [0, 0.1) is 6.92 Å². The van der Waals surface area contributed by atoms with Gasteiger partial charge in [0.2, 0.25) is 5.91 Å². The number of nitrogens with one attached hydrogen (secondary N) is 1. The number of thioether (sulfide) groups is 1. The fourth-order valence-electron chi connectivity index (χ4n) is 1.74. The number of aryl methyl sites for hydroxylation is 1. The molecule has 0 aliphatic heterocycles. The van der Waals surface area contributed by atoms with Crippen LogP contribution in [0.15, 0.2) is 51.8 Å². The average Bonchev–Trinajstić information content (AvgIpc) is 2.44. The van der Waals surface area contributed by atoms with E-state index in [1.165, 1.54) is 11.8 Å². The Morgan fingerprint density at radius 3 is 2.52 bits per heavy atom. The van der Waals surface area contributed by atoms with E-state index in [0.717, 1.165) is 20.6 Å². The molecule has 0 radical (unpaired) electrons. The normalized spacial score (nSPS) is 12.0. The summed E-state index contributed by atoms with van der Waals surface area (Å²) >= 11 is 4.90. The van der Waals surface area contributed by atoms with Gasteiger partial charge in [-0.05, 0) is 71.7 Å². The number of carbonyl (C=O) groups excluding carboxylic acids is 1. The fourth-order valence-corrected chi connectivity index (χ4v) is 3.20. The van der Waals surface area contributed by atoms with E-state index in [0.29, 0.717) is 0 Å². The van der Waals surface area contributed by atoms with Gasteiger partial charge >= 0.3 is 0 Å². The molecule has 1 unspecified atom stereocenters. The lowest BCUT2D eigenvalue weighted by Crippen LogP contribution is -2.22. The first-order valence-electron chi connectivity index (χ1n) is 6.48. The van der Waals surface area contributed by atoms with Crippen LogP contribution < -0.4 is 5.32 Å². The highest BCUT2D eigenvalue weighted by molar-refractivity contribution is 9.10. The van der Waals surface area contributed by atoms with Crippen molar-refractivity contribution in [3.05, 3.63) is 52.5 Å². The number of hydrogen-bond acceptors (Lipinski definition) is 3. The van der Waals surface area contributed by atoms with Crippen LogP contribution in [0.2, 0.25) is 0 Å². The summed E-state index contributed by atoms with van der Waals surface area (Å²) in [5.74, 6) is 0.165. The molecule has 0 spiro atoms. The molecule has 0 fully saturated rings. The Kier molecular flexibility index (Phi) is 5.31. The molecule has 2 aromatic rings. The van der Waals surface area contributed by atoms with E-state index in [2.05, 4.69) is 21.2 Å². The number of phenolic OH excluding ortho intramolecular Hbond substituents is 1. The number of rotatable bonds is 4. The molecule has 0 aliphatic carbocycles. The zero-order valence-electron chi connectivity index (χ0n) is 11.8. The third-order valence-electron chi connectivity index (χ3n) is 2.90. The van der Waals surface area contributed by atoms with Crippen molar-refractivity contribution in [2.45, 2.75) is 24.0 Å². The number of halogens is 1. The Balaban J connectivity index is 2.00. The summed E-state index contributed by atoms with van der Waals surface area (Å²) in [4.78, 5) is 13.2. The minimum Gasteiger partial charge on any atom is -0.508 e. The smallest absolute Gasteiger partial charge is 0.237 e. The number of amides is 1. The first-order valence-corrected chi connectivity index (χ1v) is 8.15. The molecule has 0 aliphatic rings. The van der Waals surface area contributed by atoms with Crippen LogP contribution in [0.25, 0.3) is 0 Å². The largest absolute Gasteiger partial charge is 0.508 e. The van der Waals surface area contributed by atoms with Crippen molar-refractivity contribution in [2.75, 3.05) is 5.32 Å². The summed E-state index contributed by atoms with van der Waals surface area (Å²) in [6.07, 6.45) is 0. The summed E-state index contributed by atoms with van der Waals surface area (Å²) in [5.41, 5.74) is 1.90. The third-order valence-corrected chi connectivity index (χ3v) is 4.67. The van der Waals surface area contributed by atoms with Gasteiger partial charge in [-0.3, -0.25) is 4.79 Å². The maximum absolute atomic E-state index is 12.2. The Morgan fingerprint density at radius 2 is 1.90 bits per heavy atom. The fraction of sp³-hybridized carbons (Fsp3) is 0.188. The molecule has 2 N–H and O–H groups in total. The zero-order valence-corrected chi connectivity index (χ0v) is 14.2. The van der Waals surface area contributed by atoms with E-state index in [1.807, 2.05) is 32.0 Å². The number of anilines is 1. The van der Waals surface area contributed by atoms with Gasteiger partial charge in [0.1, 0.15) is 5.75 Å². The van der Waals surface area contributed by atoms with Crippen LogP contribution in [0.4, 0.5) is 5.69 Å². The Morgan fingerprint density at radius 1 is 1.24 bits per heavy atom. The van der Waals surface area contributed by atoms with Crippen molar-refractivity contribution in [3.8, 4) is 5.75 Å². The van der Waals surface area contributed by atoms with Gasteiger partial charge in [-0.2, -0.15) is 0 Å². The van der Waals surface area contributed by atoms with E-state index >= 15 is 0 Å². The molecule has 0 bridgehead atoms. The van der Waals surface area contributed by atoms with Gasteiger partial charge in [0.05, 0.1) is 10.9 Å². The van der Waals surface area contributed by atoms with E-state index in [-0.39, 0.29) is 16.9 Å². The second kappa shape index (κ2) is 7.00. The summed E-state index contributed by atoms with van der Waals surface area (Å²) in [6, 6.07) is 12.6. The lowest BCUT2D eigenvalue weighted by atomic mass is 10.2. The number of carbonyl (C=O) groups is 1. The predicted octanol–water partition coefficient (Wildman–Crippen LogP) is 4.58. The number of hydrogen-bond donors (Lipinski definition) is 2. The van der Waals surface area contributed by atoms with Crippen molar-refractivity contribution < 1.29 is 9.90 Å². The van der Waals surface area contributed by atoms with E-state index in [4.69, 9.17) is 0 Å². The maximum Gasteiger partial charge on any atom is 0.237 e.